The van der Waals surface area contributed by atoms with E-state index in [1.165, 1.54) is 0 Å². The lowest BCUT2D eigenvalue weighted by molar-refractivity contribution is -0.138. The second-order valence-corrected chi connectivity index (χ2v) is 5.27. The highest BCUT2D eigenvalue weighted by Crippen LogP contribution is 2.07. The van der Waals surface area contributed by atoms with Crippen molar-refractivity contribution in [3.63, 3.8) is 0 Å². The van der Waals surface area contributed by atoms with Gasteiger partial charge in [0.1, 0.15) is 0 Å². The lowest BCUT2D eigenvalue weighted by Gasteiger charge is -2.21. The maximum absolute atomic E-state index is 12.2. The Morgan fingerprint density at radius 2 is 2.05 bits per heavy atom. The van der Waals surface area contributed by atoms with Gasteiger partial charge in [0.15, 0.2) is 0 Å². The van der Waals surface area contributed by atoms with Crippen molar-refractivity contribution in [1.29, 1.82) is 0 Å². The Morgan fingerprint density at radius 1 is 1.25 bits per heavy atom. The average Bonchev–Trinajstić information content (AvgIpc) is 2.64. The van der Waals surface area contributed by atoms with Crippen LogP contribution in [0.25, 0.3) is 0 Å². The lowest BCUT2D eigenvalue weighted by atomic mass is 10.2. The van der Waals surface area contributed by atoms with Crippen LogP contribution in [0.1, 0.15) is 12.0 Å². The summed E-state index contributed by atoms with van der Waals surface area (Å²) in [5.74, 6) is -0.692. The van der Waals surface area contributed by atoms with E-state index in [0.29, 0.717) is 26.1 Å². The predicted molar refractivity (Wildman–Crippen MR) is 74.4 cm³/mol. The number of amides is 1. The fourth-order valence-electron chi connectivity index (χ4n) is 2.52. The number of nitrogens with zero attached hydrogens (tertiary/aromatic N) is 3. The summed E-state index contributed by atoms with van der Waals surface area (Å²) < 4.78 is 1.93. The highest BCUT2D eigenvalue weighted by Gasteiger charge is 2.20. The first kappa shape index (κ1) is 14.6. The standard InChI is InChI=1S/C14H21N3O3/c1-15-6-3-12(10-15)9-13(18)17-5-2-4-16(7-8-17)11-14(19)20/h3,6,10H,2,4-5,7-9,11H2,1H3,(H,19,20). The highest BCUT2D eigenvalue weighted by molar-refractivity contribution is 5.78. The molecule has 0 saturated carbocycles. The fraction of sp³-hybridized carbons (Fsp3) is 0.571. The van der Waals surface area contributed by atoms with Crippen LogP contribution in [-0.2, 0) is 23.1 Å². The van der Waals surface area contributed by atoms with Gasteiger partial charge in [-0.05, 0) is 18.1 Å². The van der Waals surface area contributed by atoms with Crippen molar-refractivity contribution in [2.45, 2.75) is 12.8 Å². The summed E-state index contributed by atoms with van der Waals surface area (Å²) in [7, 11) is 1.93. The number of aliphatic carboxylic acids is 1. The minimum Gasteiger partial charge on any atom is -0.480 e. The SMILES string of the molecule is Cn1ccc(CC(=O)N2CCCN(CC(=O)O)CC2)c1. The van der Waals surface area contributed by atoms with Crippen LogP contribution in [0, 0.1) is 0 Å². The molecule has 2 rings (SSSR count). The van der Waals surface area contributed by atoms with Crippen LogP contribution < -0.4 is 0 Å². The van der Waals surface area contributed by atoms with Crippen LogP contribution in [-0.4, -0.2) is 64.1 Å². The lowest BCUT2D eigenvalue weighted by Crippen LogP contribution is -2.37. The van der Waals surface area contributed by atoms with E-state index < -0.39 is 5.97 Å². The molecule has 20 heavy (non-hydrogen) atoms. The highest BCUT2D eigenvalue weighted by atomic mass is 16.4. The summed E-state index contributed by atoms with van der Waals surface area (Å²) in [5.41, 5.74) is 1.02. The van der Waals surface area contributed by atoms with Gasteiger partial charge in [-0.1, -0.05) is 0 Å². The summed E-state index contributed by atoms with van der Waals surface area (Å²) >= 11 is 0. The van der Waals surface area contributed by atoms with Crippen LogP contribution in [0.3, 0.4) is 0 Å². The van der Waals surface area contributed by atoms with Crippen LogP contribution >= 0.6 is 0 Å². The van der Waals surface area contributed by atoms with E-state index in [-0.39, 0.29) is 12.5 Å². The zero-order valence-electron chi connectivity index (χ0n) is 11.8. The third-order valence-electron chi connectivity index (χ3n) is 3.55. The molecule has 0 bridgehead atoms. The van der Waals surface area contributed by atoms with Gasteiger partial charge < -0.3 is 14.6 Å². The summed E-state index contributed by atoms with van der Waals surface area (Å²) in [5, 5.41) is 8.81. The fourth-order valence-corrected chi connectivity index (χ4v) is 2.52. The van der Waals surface area contributed by atoms with E-state index in [1.807, 2.05) is 39.9 Å². The second kappa shape index (κ2) is 6.56. The predicted octanol–water partition coefficient (Wildman–Crippen LogP) is 0.187. The third-order valence-corrected chi connectivity index (χ3v) is 3.55. The van der Waals surface area contributed by atoms with Crippen molar-refractivity contribution in [3.05, 3.63) is 24.0 Å². The topological polar surface area (TPSA) is 65.8 Å². The molecule has 1 aromatic rings. The summed E-state index contributed by atoms with van der Waals surface area (Å²) in [6.45, 7) is 2.75. The molecule has 0 spiro atoms. The van der Waals surface area contributed by atoms with Gasteiger partial charge in [-0.2, -0.15) is 0 Å². The molecule has 0 aromatic carbocycles. The van der Waals surface area contributed by atoms with Gasteiger partial charge in [0, 0.05) is 45.6 Å². The van der Waals surface area contributed by atoms with E-state index in [1.54, 1.807) is 0 Å². The van der Waals surface area contributed by atoms with E-state index in [0.717, 1.165) is 18.5 Å². The second-order valence-electron chi connectivity index (χ2n) is 5.27. The Balaban J connectivity index is 1.86. The Bertz CT molecular complexity index is 484. The zero-order valence-corrected chi connectivity index (χ0v) is 11.8. The number of aromatic nitrogens is 1. The first-order chi connectivity index (χ1) is 9.54. The Labute approximate surface area is 118 Å². The molecule has 6 nitrogen and oxygen atoms in total. The molecular formula is C14H21N3O3. The van der Waals surface area contributed by atoms with E-state index in [9.17, 15) is 9.59 Å². The Kier molecular flexibility index (Phi) is 4.79. The Morgan fingerprint density at radius 3 is 2.70 bits per heavy atom. The van der Waals surface area contributed by atoms with Crippen molar-refractivity contribution < 1.29 is 14.7 Å². The molecule has 1 fully saturated rings. The number of hydrogen-bond acceptors (Lipinski definition) is 3. The average molecular weight is 279 g/mol. The van der Waals surface area contributed by atoms with Crippen LogP contribution in [0.4, 0.5) is 0 Å². The van der Waals surface area contributed by atoms with Gasteiger partial charge in [0.25, 0.3) is 0 Å². The number of rotatable bonds is 4. The van der Waals surface area contributed by atoms with Crippen molar-refractivity contribution in [3.8, 4) is 0 Å². The third kappa shape index (κ3) is 4.09. The maximum Gasteiger partial charge on any atom is 0.317 e. The molecule has 0 aliphatic carbocycles. The van der Waals surface area contributed by atoms with Crippen molar-refractivity contribution in [1.82, 2.24) is 14.4 Å². The molecule has 110 valence electrons. The maximum atomic E-state index is 12.2. The van der Waals surface area contributed by atoms with Crippen LogP contribution in [0.2, 0.25) is 0 Å². The van der Waals surface area contributed by atoms with Gasteiger partial charge >= 0.3 is 5.97 Å². The zero-order chi connectivity index (χ0) is 14.5. The molecule has 0 unspecified atom stereocenters. The van der Waals surface area contributed by atoms with E-state index in [2.05, 4.69) is 0 Å². The minimum atomic E-state index is -0.811. The number of hydrogen-bond donors (Lipinski definition) is 1. The molecule has 6 heteroatoms. The van der Waals surface area contributed by atoms with E-state index in [4.69, 9.17) is 5.11 Å². The summed E-state index contributed by atoms with van der Waals surface area (Å²) in [6, 6.07) is 1.95. The van der Waals surface area contributed by atoms with Gasteiger partial charge in [0.05, 0.1) is 13.0 Å². The molecule has 1 saturated heterocycles. The molecule has 1 amide bonds. The van der Waals surface area contributed by atoms with E-state index >= 15 is 0 Å². The van der Waals surface area contributed by atoms with Crippen molar-refractivity contribution in [2.24, 2.45) is 7.05 Å². The van der Waals surface area contributed by atoms with Gasteiger partial charge in [-0.15, -0.1) is 0 Å². The number of aryl methyl sites for hydroxylation is 1. The molecular weight excluding hydrogens is 258 g/mol. The molecule has 1 N–H and O–H groups in total. The monoisotopic (exact) mass is 279 g/mol. The van der Waals surface area contributed by atoms with Crippen molar-refractivity contribution >= 4 is 11.9 Å². The first-order valence-electron chi connectivity index (χ1n) is 6.87. The summed E-state index contributed by atoms with van der Waals surface area (Å²) in [6.07, 6.45) is 5.12. The van der Waals surface area contributed by atoms with Crippen LogP contribution in [0.15, 0.2) is 18.5 Å². The van der Waals surface area contributed by atoms with Gasteiger partial charge in [-0.3, -0.25) is 14.5 Å². The normalized spacial score (nSPS) is 16.9. The molecule has 1 aliphatic rings. The number of carbonyl (C=O) groups excluding carboxylic acids is 1. The van der Waals surface area contributed by atoms with Gasteiger partial charge in [-0.25, -0.2) is 0 Å². The number of carbonyl (C=O) groups is 2. The molecule has 0 atom stereocenters. The number of carboxylic acid groups (broad SMARTS) is 1. The molecule has 2 heterocycles. The molecule has 0 radical (unpaired) electrons. The van der Waals surface area contributed by atoms with Gasteiger partial charge in [0.2, 0.25) is 5.91 Å². The summed E-state index contributed by atoms with van der Waals surface area (Å²) in [4.78, 5) is 26.7. The van der Waals surface area contributed by atoms with Crippen molar-refractivity contribution in [2.75, 3.05) is 32.7 Å². The molecule has 1 aliphatic heterocycles. The quantitative estimate of drug-likeness (QED) is 0.854. The largest absolute Gasteiger partial charge is 0.480 e. The smallest absolute Gasteiger partial charge is 0.317 e. The van der Waals surface area contributed by atoms with Crippen LogP contribution in [0.5, 0.6) is 0 Å². The number of carboxylic acids is 1. The minimum absolute atomic E-state index is 0.0563. The first-order valence-corrected chi connectivity index (χ1v) is 6.87. The molecule has 1 aromatic heterocycles. The Hall–Kier alpha value is -1.82.